The van der Waals surface area contributed by atoms with Crippen molar-refractivity contribution in [1.29, 1.82) is 0 Å². The maximum Gasteiger partial charge on any atom is 0.273 e. The second kappa shape index (κ2) is 8.73. The molecule has 2 heterocycles. The lowest BCUT2D eigenvalue weighted by Gasteiger charge is -2.33. The summed E-state index contributed by atoms with van der Waals surface area (Å²) in [4.78, 5) is 20.9. The second-order valence-corrected chi connectivity index (χ2v) is 8.13. The van der Waals surface area contributed by atoms with Gasteiger partial charge in [-0.15, -0.1) is 11.3 Å². The third-order valence-corrected chi connectivity index (χ3v) is 5.85. The van der Waals surface area contributed by atoms with Gasteiger partial charge < -0.3 is 9.80 Å². The third kappa shape index (κ3) is 4.89. The van der Waals surface area contributed by atoms with Crippen LogP contribution in [0.2, 0.25) is 0 Å². The summed E-state index contributed by atoms with van der Waals surface area (Å²) in [6.45, 7) is 5.60. The molecule has 140 valence electrons. The molecule has 0 N–H and O–H groups in total. The number of carbonyl (C=O) groups excluding carboxylic acids is 1. The molecule has 1 saturated heterocycles. The topological polar surface area (TPSA) is 36.4 Å². The SMILES string of the molecule is Cc1nc(C(=O)N(C)CC2CCN(CCc3ccccc3F)CC2)cs1. The Labute approximate surface area is 158 Å². The normalized spacial score (nSPS) is 16.0. The molecule has 0 saturated carbocycles. The Balaban J connectivity index is 1.42. The molecule has 6 heteroatoms. The Morgan fingerprint density at radius 3 is 2.73 bits per heavy atom. The fourth-order valence-electron chi connectivity index (χ4n) is 3.50. The quantitative estimate of drug-likeness (QED) is 0.774. The summed E-state index contributed by atoms with van der Waals surface area (Å²) < 4.78 is 13.7. The molecule has 1 fully saturated rings. The van der Waals surface area contributed by atoms with Gasteiger partial charge in [0.05, 0.1) is 5.01 Å². The summed E-state index contributed by atoms with van der Waals surface area (Å²) in [6, 6.07) is 7.01. The molecule has 1 aliphatic heterocycles. The monoisotopic (exact) mass is 375 g/mol. The Morgan fingerprint density at radius 1 is 1.35 bits per heavy atom. The zero-order valence-electron chi connectivity index (χ0n) is 15.4. The summed E-state index contributed by atoms with van der Waals surface area (Å²) >= 11 is 1.51. The van der Waals surface area contributed by atoms with E-state index in [0.717, 1.165) is 56.0 Å². The van der Waals surface area contributed by atoms with Crippen molar-refractivity contribution in [3.63, 3.8) is 0 Å². The number of halogens is 1. The molecule has 0 bridgehead atoms. The predicted molar refractivity (Wildman–Crippen MR) is 103 cm³/mol. The van der Waals surface area contributed by atoms with Crippen molar-refractivity contribution in [2.75, 3.05) is 33.2 Å². The van der Waals surface area contributed by atoms with Crippen LogP contribution in [0.25, 0.3) is 0 Å². The molecule has 2 aromatic rings. The van der Waals surface area contributed by atoms with Crippen LogP contribution >= 0.6 is 11.3 Å². The van der Waals surface area contributed by atoms with Crippen LogP contribution in [-0.2, 0) is 6.42 Å². The molecular formula is C20H26FN3OS. The van der Waals surface area contributed by atoms with Gasteiger partial charge in [-0.3, -0.25) is 4.79 Å². The lowest BCUT2D eigenvalue weighted by molar-refractivity contribution is 0.0735. The van der Waals surface area contributed by atoms with Crippen LogP contribution in [0.3, 0.4) is 0 Å². The first-order valence-corrected chi connectivity index (χ1v) is 10.0. The van der Waals surface area contributed by atoms with Crippen LogP contribution in [-0.4, -0.2) is 53.9 Å². The van der Waals surface area contributed by atoms with Crippen molar-refractivity contribution >= 4 is 17.2 Å². The fraction of sp³-hybridized carbons (Fsp3) is 0.500. The first kappa shape index (κ1) is 19.0. The van der Waals surface area contributed by atoms with E-state index >= 15 is 0 Å². The number of carbonyl (C=O) groups is 1. The van der Waals surface area contributed by atoms with Crippen LogP contribution in [0.1, 0.15) is 33.9 Å². The van der Waals surface area contributed by atoms with Crippen molar-refractivity contribution in [3.8, 4) is 0 Å². The summed E-state index contributed by atoms with van der Waals surface area (Å²) in [5, 5.41) is 2.75. The average molecular weight is 376 g/mol. The number of likely N-dealkylation sites (tertiary alicyclic amines) is 1. The number of nitrogens with zero attached hydrogens (tertiary/aromatic N) is 3. The predicted octanol–water partition coefficient (Wildman–Crippen LogP) is 3.62. The highest BCUT2D eigenvalue weighted by atomic mass is 32.1. The van der Waals surface area contributed by atoms with E-state index < -0.39 is 0 Å². The van der Waals surface area contributed by atoms with E-state index in [4.69, 9.17) is 0 Å². The zero-order valence-corrected chi connectivity index (χ0v) is 16.3. The molecule has 1 aliphatic rings. The minimum atomic E-state index is -0.111. The van der Waals surface area contributed by atoms with E-state index in [-0.39, 0.29) is 11.7 Å². The number of rotatable bonds is 6. The van der Waals surface area contributed by atoms with Gasteiger partial charge in [-0.05, 0) is 56.8 Å². The number of hydrogen-bond donors (Lipinski definition) is 0. The van der Waals surface area contributed by atoms with Gasteiger partial charge in [-0.1, -0.05) is 18.2 Å². The summed E-state index contributed by atoms with van der Waals surface area (Å²) in [7, 11) is 1.86. The number of piperidine rings is 1. The summed E-state index contributed by atoms with van der Waals surface area (Å²) in [5.41, 5.74) is 1.34. The zero-order chi connectivity index (χ0) is 18.5. The number of aromatic nitrogens is 1. The number of thiazole rings is 1. The van der Waals surface area contributed by atoms with E-state index in [1.165, 1.54) is 17.4 Å². The number of aryl methyl sites for hydroxylation is 1. The Kier molecular flexibility index (Phi) is 6.38. The molecule has 1 amide bonds. The van der Waals surface area contributed by atoms with Crippen LogP contribution in [0, 0.1) is 18.7 Å². The Bertz CT molecular complexity index is 740. The smallest absolute Gasteiger partial charge is 0.273 e. The van der Waals surface area contributed by atoms with Crippen molar-refractivity contribution in [1.82, 2.24) is 14.8 Å². The highest BCUT2D eigenvalue weighted by Gasteiger charge is 2.23. The standard InChI is InChI=1S/C20H26FN3OS/c1-15-22-19(14-26-15)20(25)23(2)13-16-7-10-24(11-8-16)12-9-17-5-3-4-6-18(17)21/h3-6,14,16H,7-13H2,1-2H3. The Morgan fingerprint density at radius 2 is 2.08 bits per heavy atom. The fourth-order valence-corrected chi connectivity index (χ4v) is 4.09. The van der Waals surface area contributed by atoms with E-state index in [1.807, 2.05) is 31.5 Å². The van der Waals surface area contributed by atoms with Gasteiger partial charge >= 0.3 is 0 Å². The van der Waals surface area contributed by atoms with Gasteiger partial charge in [0.2, 0.25) is 0 Å². The number of benzene rings is 1. The van der Waals surface area contributed by atoms with E-state index in [2.05, 4.69) is 9.88 Å². The molecule has 3 rings (SSSR count). The van der Waals surface area contributed by atoms with Gasteiger partial charge in [0, 0.05) is 25.5 Å². The van der Waals surface area contributed by atoms with Crippen molar-refractivity contribution < 1.29 is 9.18 Å². The number of hydrogen-bond acceptors (Lipinski definition) is 4. The summed E-state index contributed by atoms with van der Waals surface area (Å²) in [6.07, 6.45) is 2.90. The van der Waals surface area contributed by atoms with Gasteiger partial charge in [0.25, 0.3) is 5.91 Å². The minimum Gasteiger partial charge on any atom is -0.340 e. The molecule has 0 aliphatic carbocycles. The van der Waals surface area contributed by atoms with Crippen LogP contribution < -0.4 is 0 Å². The average Bonchev–Trinajstić information content (AvgIpc) is 3.08. The second-order valence-electron chi connectivity index (χ2n) is 7.06. The van der Waals surface area contributed by atoms with Gasteiger partial charge in [-0.2, -0.15) is 0 Å². The minimum absolute atomic E-state index is 0.0105. The highest BCUT2D eigenvalue weighted by molar-refractivity contribution is 7.09. The molecule has 4 nitrogen and oxygen atoms in total. The molecule has 26 heavy (non-hydrogen) atoms. The largest absolute Gasteiger partial charge is 0.340 e. The maximum absolute atomic E-state index is 13.7. The van der Waals surface area contributed by atoms with Crippen molar-refractivity contribution in [2.45, 2.75) is 26.2 Å². The van der Waals surface area contributed by atoms with Crippen molar-refractivity contribution in [3.05, 3.63) is 51.7 Å². The molecule has 0 radical (unpaired) electrons. The molecular weight excluding hydrogens is 349 g/mol. The van der Waals surface area contributed by atoms with Gasteiger partial charge in [-0.25, -0.2) is 9.37 Å². The van der Waals surface area contributed by atoms with Gasteiger partial charge in [0.15, 0.2) is 0 Å². The molecule has 0 unspecified atom stereocenters. The van der Waals surface area contributed by atoms with Crippen LogP contribution in [0.4, 0.5) is 4.39 Å². The maximum atomic E-state index is 13.7. The highest BCUT2D eigenvalue weighted by Crippen LogP contribution is 2.20. The van der Waals surface area contributed by atoms with Gasteiger partial charge in [0.1, 0.15) is 11.5 Å². The first-order valence-electron chi connectivity index (χ1n) is 9.16. The Hall–Kier alpha value is -1.79. The molecule has 1 aromatic heterocycles. The van der Waals surface area contributed by atoms with Crippen LogP contribution in [0.15, 0.2) is 29.6 Å². The lowest BCUT2D eigenvalue weighted by atomic mass is 9.96. The van der Waals surface area contributed by atoms with E-state index in [9.17, 15) is 9.18 Å². The number of amides is 1. The first-order chi connectivity index (χ1) is 12.5. The summed E-state index contributed by atoms with van der Waals surface area (Å²) in [5.74, 6) is 0.421. The van der Waals surface area contributed by atoms with Crippen molar-refractivity contribution in [2.24, 2.45) is 5.92 Å². The molecule has 0 spiro atoms. The van der Waals surface area contributed by atoms with E-state index in [0.29, 0.717) is 11.6 Å². The molecule has 1 aromatic carbocycles. The van der Waals surface area contributed by atoms with Crippen LogP contribution in [0.5, 0.6) is 0 Å². The lowest BCUT2D eigenvalue weighted by Crippen LogP contribution is -2.40. The van der Waals surface area contributed by atoms with E-state index in [1.54, 1.807) is 11.0 Å². The molecule has 0 atom stereocenters. The third-order valence-electron chi connectivity index (χ3n) is 5.08.